The van der Waals surface area contributed by atoms with Crippen molar-refractivity contribution in [2.75, 3.05) is 18.0 Å². The molecule has 21 heavy (non-hydrogen) atoms. The molecule has 7 heteroatoms. The highest BCUT2D eigenvalue weighted by molar-refractivity contribution is 9.10. The molecule has 0 aliphatic carbocycles. The highest BCUT2D eigenvalue weighted by Crippen LogP contribution is 2.34. The summed E-state index contributed by atoms with van der Waals surface area (Å²) < 4.78 is 0.902. The number of benzene rings is 1. The van der Waals surface area contributed by atoms with E-state index < -0.39 is 0 Å². The molecule has 0 saturated carbocycles. The van der Waals surface area contributed by atoms with Gasteiger partial charge < -0.3 is 4.90 Å². The lowest BCUT2D eigenvalue weighted by Gasteiger charge is -2.19. The van der Waals surface area contributed by atoms with Crippen LogP contribution in [0.3, 0.4) is 0 Å². The zero-order valence-corrected chi connectivity index (χ0v) is 12.7. The zero-order valence-electron chi connectivity index (χ0n) is 11.1. The Morgan fingerprint density at radius 1 is 1.48 bits per heavy atom. The van der Waals surface area contributed by atoms with Gasteiger partial charge in [-0.05, 0) is 51.6 Å². The second-order valence-electron chi connectivity index (χ2n) is 4.95. The van der Waals surface area contributed by atoms with Crippen LogP contribution in [0.25, 0.3) is 21.3 Å². The van der Waals surface area contributed by atoms with Gasteiger partial charge in [-0.15, -0.1) is 0 Å². The SMILES string of the molecule is [N-]=[N+]=NCC1CC(=O)N(c2ccc(Br)c3ncccc23)C1. The van der Waals surface area contributed by atoms with E-state index in [1.807, 2.05) is 24.3 Å². The molecule has 0 spiro atoms. The summed E-state index contributed by atoms with van der Waals surface area (Å²) in [5.74, 6) is 0.129. The summed E-state index contributed by atoms with van der Waals surface area (Å²) in [4.78, 5) is 21.1. The van der Waals surface area contributed by atoms with Crippen molar-refractivity contribution in [1.29, 1.82) is 0 Å². The zero-order chi connectivity index (χ0) is 14.8. The number of fused-ring (bicyclic) bond motifs is 1. The number of amides is 1. The number of rotatable bonds is 3. The molecule has 1 aromatic carbocycles. The van der Waals surface area contributed by atoms with E-state index >= 15 is 0 Å². The van der Waals surface area contributed by atoms with Crippen LogP contribution in [-0.4, -0.2) is 24.0 Å². The van der Waals surface area contributed by atoms with Crippen LogP contribution in [0.15, 0.2) is 40.0 Å². The van der Waals surface area contributed by atoms with E-state index in [9.17, 15) is 4.79 Å². The standard InChI is InChI=1S/C14H12BrN5O/c15-11-3-4-12(10-2-1-5-17-14(10)11)20-8-9(6-13(20)21)7-18-19-16/h1-5,9H,6-8H2. The van der Waals surface area contributed by atoms with Crippen molar-refractivity contribution in [2.45, 2.75) is 6.42 Å². The normalized spacial score (nSPS) is 18.0. The molecular weight excluding hydrogens is 334 g/mol. The number of pyridine rings is 1. The van der Waals surface area contributed by atoms with Crippen LogP contribution in [0.4, 0.5) is 5.69 Å². The van der Waals surface area contributed by atoms with E-state index in [1.54, 1.807) is 11.1 Å². The number of hydrogen-bond donors (Lipinski definition) is 0. The van der Waals surface area contributed by atoms with Crippen molar-refractivity contribution in [3.05, 3.63) is 45.4 Å². The van der Waals surface area contributed by atoms with E-state index in [1.165, 1.54) is 0 Å². The van der Waals surface area contributed by atoms with E-state index in [0.29, 0.717) is 19.5 Å². The molecule has 1 aliphatic rings. The first-order valence-corrected chi connectivity index (χ1v) is 7.34. The van der Waals surface area contributed by atoms with Gasteiger partial charge in [-0.2, -0.15) is 0 Å². The van der Waals surface area contributed by atoms with Crippen LogP contribution in [0.2, 0.25) is 0 Å². The van der Waals surface area contributed by atoms with Crippen molar-refractivity contribution in [1.82, 2.24) is 4.98 Å². The van der Waals surface area contributed by atoms with Crippen LogP contribution in [-0.2, 0) is 4.79 Å². The highest BCUT2D eigenvalue weighted by Gasteiger charge is 2.31. The molecule has 0 radical (unpaired) electrons. The Morgan fingerprint density at radius 2 is 2.33 bits per heavy atom. The molecule has 0 N–H and O–H groups in total. The Bertz CT molecular complexity index is 756. The summed E-state index contributed by atoms with van der Waals surface area (Å²) in [7, 11) is 0. The van der Waals surface area contributed by atoms with Gasteiger partial charge in [-0.25, -0.2) is 0 Å². The van der Waals surface area contributed by atoms with Gasteiger partial charge in [0.25, 0.3) is 0 Å². The number of aromatic nitrogens is 1. The van der Waals surface area contributed by atoms with Gasteiger partial charge in [0.15, 0.2) is 0 Å². The molecule has 1 fully saturated rings. The second-order valence-corrected chi connectivity index (χ2v) is 5.81. The topological polar surface area (TPSA) is 82.0 Å². The van der Waals surface area contributed by atoms with Gasteiger partial charge >= 0.3 is 0 Å². The molecule has 0 bridgehead atoms. The number of hydrogen-bond acceptors (Lipinski definition) is 3. The molecule has 1 unspecified atom stereocenters. The van der Waals surface area contributed by atoms with Crippen LogP contribution in [0, 0.1) is 5.92 Å². The third kappa shape index (κ3) is 2.57. The molecule has 106 valence electrons. The number of anilines is 1. The number of halogens is 1. The molecule has 6 nitrogen and oxygen atoms in total. The monoisotopic (exact) mass is 345 g/mol. The van der Waals surface area contributed by atoms with Crippen LogP contribution in [0.1, 0.15) is 6.42 Å². The smallest absolute Gasteiger partial charge is 0.227 e. The first-order chi connectivity index (χ1) is 10.2. The van der Waals surface area contributed by atoms with E-state index in [0.717, 1.165) is 21.1 Å². The summed E-state index contributed by atoms with van der Waals surface area (Å²) >= 11 is 3.48. The molecule has 1 atom stereocenters. The van der Waals surface area contributed by atoms with Gasteiger partial charge in [-0.3, -0.25) is 9.78 Å². The van der Waals surface area contributed by atoms with E-state index in [2.05, 4.69) is 30.9 Å². The predicted molar refractivity (Wildman–Crippen MR) is 83.9 cm³/mol. The Morgan fingerprint density at radius 3 is 3.14 bits per heavy atom. The maximum Gasteiger partial charge on any atom is 0.227 e. The van der Waals surface area contributed by atoms with Gasteiger partial charge in [0, 0.05) is 40.5 Å². The van der Waals surface area contributed by atoms with Crippen LogP contribution < -0.4 is 4.90 Å². The molecule has 1 aromatic heterocycles. The average molecular weight is 346 g/mol. The quantitative estimate of drug-likeness (QED) is 0.483. The molecular formula is C14H12BrN5O. The summed E-state index contributed by atoms with van der Waals surface area (Å²) in [5, 5.41) is 4.51. The summed E-state index contributed by atoms with van der Waals surface area (Å²) in [6.45, 7) is 0.926. The Balaban J connectivity index is 1.99. The third-order valence-corrected chi connectivity index (χ3v) is 4.24. The minimum Gasteiger partial charge on any atom is -0.311 e. The summed E-state index contributed by atoms with van der Waals surface area (Å²) in [5.41, 5.74) is 10.1. The Labute approximate surface area is 129 Å². The fourth-order valence-corrected chi connectivity index (χ4v) is 3.10. The fourth-order valence-electron chi connectivity index (χ4n) is 2.65. The van der Waals surface area contributed by atoms with Crippen molar-refractivity contribution >= 4 is 38.4 Å². The lowest BCUT2D eigenvalue weighted by atomic mass is 10.1. The first-order valence-electron chi connectivity index (χ1n) is 6.55. The maximum absolute atomic E-state index is 12.2. The maximum atomic E-state index is 12.2. The highest BCUT2D eigenvalue weighted by atomic mass is 79.9. The molecule has 1 amide bonds. The van der Waals surface area contributed by atoms with E-state index in [4.69, 9.17) is 5.53 Å². The minimum atomic E-state index is 0.0561. The molecule has 2 aromatic rings. The van der Waals surface area contributed by atoms with Gasteiger partial charge in [-0.1, -0.05) is 5.11 Å². The number of nitrogens with zero attached hydrogens (tertiary/aromatic N) is 5. The van der Waals surface area contributed by atoms with Crippen molar-refractivity contribution in [2.24, 2.45) is 11.0 Å². The van der Waals surface area contributed by atoms with Gasteiger partial charge in [0.1, 0.15) is 0 Å². The van der Waals surface area contributed by atoms with Crippen molar-refractivity contribution < 1.29 is 4.79 Å². The minimum absolute atomic E-state index is 0.0561. The van der Waals surface area contributed by atoms with Crippen molar-refractivity contribution in [3.63, 3.8) is 0 Å². The predicted octanol–water partition coefficient (Wildman–Crippen LogP) is 3.66. The summed E-state index contributed by atoms with van der Waals surface area (Å²) in [6, 6.07) is 7.63. The largest absolute Gasteiger partial charge is 0.311 e. The van der Waals surface area contributed by atoms with Gasteiger partial charge in [0.05, 0.1) is 11.2 Å². The lowest BCUT2D eigenvalue weighted by Crippen LogP contribution is -2.25. The van der Waals surface area contributed by atoms with Gasteiger partial charge in [0.2, 0.25) is 5.91 Å². The number of carbonyl (C=O) groups excluding carboxylic acids is 1. The first kappa shape index (κ1) is 13.9. The molecule has 1 aliphatic heterocycles. The second kappa shape index (κ2) is 5.71. The Hall–Kier alpha value is -2.11. The molecule has 2 heterocycles. The number of carbonyl (C=O) groups is 1. The van der Waals surface area contributed by atoms with Crippen molar-refractivity contribution in [3.8, 4) is 0 Å². The number of azide groups is 1. The molecule has 3 rings (SSSR count). The molecule has 1 saturated heterocycles. The van der Waals surface area contributed by atoms with E-state index in [-0.39, 0.29) is 11.8 Å². The summed E-state index contributed by atoms with van der Waals surface area (Å²) in [6.07, 6.45) is 2.14. The lowest BCUT2D eigenvalue weighted by molar-refractivity contribution is -0.117. The van der Waals surface area contributed by atoms with Crippen LogP contribution in [0.5, 0.6) is 0 Å². The fraction of sp³-hybridized carbons (Fsp3) is 0.286. The van der Waals surface area contributed by atoms with Crippen LogP contribution >= 0.6 is 15.9 Å². The average Bonchev–Trinajstić information content (AvgIpc) is 2.87. The Kier molecular flexibility index (Phi) is 3.77. The third-order valence-electron chi connectivity index (χ3n) is 3.60.